The van der Waals surface area contributed by atoms with Gasteiger partial charge in [0, 0.05) is 11.4 Å². The molecule has 0 fully saturated rings. The lowest BCUT2D eigenvalue weighted by Gasteiger charge is -2.06. The summed E-state index contributed by atoms with van der Waals surface area (Å²) in [5.74, 6) is 0.936. The van der Waals surface area contributed by atoms with Gasteiger partial charge in [0.25, 0.3) is 0 Å². The van der Waals surface area contributed by atoms with Crippen molar-refractivity contribution in [1.29, 1.82) is 0 Å². The summed E-state index contributed by atoms with van der Waals surface area (Å²) in [5, 5.41) is 4.23. The number of nitrogens with one attached hydrogen (secondary N) is 1. The van der Waals surface area contributed by atoms with E-state index in [1.807, 2.05) is 25.2 Å². The molecule has 102 valence electrons. The van der Waals surface area contributed by atoms with Crippen LogP contribution in [0, 0.1) is 6.92 Å². The van der Waals surface area contributed by atoms with Gasteiger partial charge in [0.1, 0.15) is 17.4 Å². The number of nitrogens with zero attached hydrogens (tertiary/aromatic N) is 1. The van der Waals surface area contributed by atoms with Crippen LogP contribution in [-0.2, 0) is 19.6 Å². The van der Waals surface area contributed by atoms with Gasteiger partial charge in [-0.15, -0.1) is 11.3 Å². The Labute approximate surface area is 118 Å². The number of para-hydroxylation sites is 1. The van der Waals surface area contributed by atoms with Crippen molar-refractivity contribution in [3.8, 4) is 5.75 Å². The molecule has 19 heavy (non-hydrogen) atoms. The van der Waals surface area contributed by atoms with E-state index < -0.39 is 0 Å². The van der Waals surface area contributed by atoms with E-state index in [0.717, 1.165) is 29.3 Å². The van der Waals surface area contributed by atoms with Crippen LogP contribution in [0.3, 0.4) is 0 Å². The molecule has 0 aliphatic carbocycles. The second kappa shape index (κ2) is 6.68. The Kier molecular flexibility index (Phi) is 4.93. The fourth-order valence-electron chi connectivity index (χ4n) is 1.93. The van der Waals surface area contributed by atoms with Gasteiger partial charge in [0.2, 0.25) is 0 Å². The first kappa shape index (κ1) is 14.0. The number of hydrogen-bond donors (Lipinski definition) is 1. The maximum absolute atomic E-state index is 5.84. The Bertz CT molecular complexity index is 537. The summed E-state index contributed by atoms with van der Waals surface area (Å²) in [6.45, 7) is 5.62. The molecule has 2 rings (SSSR count). The summed E-state index contributed by atoms with van der Waals surface area (Å²) >= 11 is 1.74. The lowest BCUT2D eigenvalue weighted by atomic mass is 10.2. The normalized spacial score (nSPS) is 10.7. The predicted octanol–water partition coefficient (Wildman–Crippen LogP) is 3.31. The van der Waals surface area contributed by atoms with E-state index in [-0.39, 0.29) is 0 Å². The maximum atomic E-state index is 5.84. The van der Waals surface area contributed by atoms with Gasteiger partial charge in [-0.2, -0.15) is 0 Å². The van der Waals surface area contributed by atoms with Crippen LogP contribution in [0.2, 0.25) is 0 Å². The van der Waals surface area contributed by atoms with Gasteiger partial charge in [0.15, 0.2) is 0 Å². The highest BCUT2D eigenvalue weighted by Gasteiger charge is 2.09. The molecule has 0 amide bonds. The Hall–Kier alpha value is -1.39. The SMILES string of the molecule is CCc1nc(COc2ccccc2C)sc1CNC. The van der Waals surface area contributed by atoms with Gasteiger partial charge in [0.05, 0.1) is 5.69 Å². The number of thiazole rings is 1. The van der Waals surface area contributed by atoms with Gasteiger partial charge in [-0.05, 0) is 32.0 Å². The van der Waals surface area contributed by atoms with Crippen LogP contribution in [0.5, 0.6) is 5.75 Å². The van der Waals surface area contributed by atoms with Gasteiger partial charge in [-0.1, -0.05) is 25.1 Å². The zero-order chi connectivity index (χ0) is 13.7. The van der Waals surface area contributed by atoms with Crippen LogP contribution >= 0.6 is 11.3 Å². The van der Waals surface area contributed by atoms with Crippen molar-refractivity contribution < 1.29 is 4.74 Å². The quantitative estimate of drug-likeness (QED) is 0.879. The summed E-state index contributed by atoms with van der Waals surface area (Å²) in [5.41, 5.74) is 2.34. The topological polar surface area (TPSA) is 34.1 Å². The van der Waals surface area contributed by atoms with Crippen LogP contribution in [-0.4, -0.2) is 12.0 Å². The van der Waals surface area contributed by atoms with Crippen LogP contribution in [0.15, 0.2) is 24.3 Å². The highest BCUT2D eigenvalue weighted by Crippen LogP contribution is 2.22. The summed E-state index contributed by atoms with van der Waals surface area (Å²) in [7, 11) is 1.96. The van der Waals surface area contributed by atoms with E-state index in [4.69, 9.17) is 4.74 Å². The summed E-state index contributed by atoms with van der Waals surface area (Å²) in [4.78, 5) is 5.96. The predicted molar refractivity (Wildman–Crippen MR) is 79.8 cm³/mol. The average molecular weight is 276 g/mol. The van der Waals surface area contributed by atoms with Crippen molar-refractivity contribution in [2.75, 3.05) is 7.05 Å². The van der Waals surface area contributed by atoms with Crippen molar-refractivity contribution in [3.05, 3.63) is 45.4 Å². The maximum Gasteiger partial charge on any atom is 0.140 e. The fourth-order valence-corrected chi connectivity index (χ4v) is 3.01. The zero-order valence-corrected chi connectivity index (χ0v) is 12.5. The molecule has 4 heteroatoms. The lowest BCUT2D eigenvalue weighted by Crippen LogP contribution is -2.05. The third kappa shape index (κ3) is 3.55. The van der Waals surface area contributed by atoms with E-state index >= 15 is 0 Å². The molecule has 0 aliphatic heterocycles. The molecule has 0 spiro atoms. The van der Waals surface area contributed by atoms with E-state index in [9.17, 15) is 0 Å². The molecule has 0 bridgehead atoms. The molecule has 2 aromatic rings. The van der Waals surface area contributed by atoms with E-state index in [0.29, 0.717) is 6.61 Å². The summed E-state index contributed by atoms with van der Waals surface area (Å²) in [6, 6.07) is 8.07. The minimum absolute atomic E-state index is 0.548. The van der Waals surface area contributed by atoms with Crippen molar-refractivity contribution in [2.45, 2.75) is 33.4 Å². The molecule has 0 aliphatic rings. The molecule has 1 heterocycles. The third-order valence-corrected chi connectivity index (χ3v) is 4.01. The van der Waals surface area contributed by atoms with Crippen molar-refractivity contribution in [3.63, 3.8) is 0 Å². The molecule has 1 aromatic carbocycles. The number of aromatic nitrogens is 1. The number of rotatable bonds is 6. The minimum Gasteiger partial charge on any atom is -0.486 e. The summed E-state index contributed by atoms with van der Waals surface area (Å²) < 4.78 is 5.84. The molecule has 0 atom stereocenters. The molecule has 0 saturated carbocycles. The first-order valence-corrected chi connectivity index (χ1v) is 7.36. The fraction of sp³-hybridized carbons (Fsp3) is 0.400. The van der Waals surface area contributed by atoms with Crippen LogP contribution in [0.1, 0.15) is 28.1 Å². The van der Waals surface area contributed by atoms with Crippen LogP contribution < -0.4 is 10.1 Å². The Morgan fingerprint density at radius 2 is 2.11 bits per heavy atom. The van der Waals surface area contributed by atoms with Crippen LogP contribution in [0.25, 0.3) is 0 Å². The molecule has 1 N–H and O–H groups in total. The van der Waals surface area contributed by atoms with Crippen LogP contribution in [0.4, 0.5) is 0 Å². The van der Waals surface area contributed by atoms with E-state index in [2.05, 4.69) is 30.2 Å². The van der Waals surface area contributed by atoms with Gasteiger partial charge < -0.3 is 10.1 Å². The standard InChI is InChI=1S/C15H20N2OS/c1-4-12-14(9-16-3)19-15(17-12)10-18-13-8-6-5-7-11(13)2/h5-8,16H,4,9-10H2,1-3H3. The van der Waals surface area contributed by atoms with Crippen molar-refractivity contribution >= 4 is 11.3 Å². The second-order valence-corrected chi connectivity index (χ2v) is 5.58. The van der Waals surface area contributed by atoms with Gasteiger partial charge in [-0.3, -0.25) is 0 Å². The van der Waals surface area contributed by atoms with Crippen molar-refractivity contribution in [2.24, 2.45) is 0 Å². The lowest BCUT2D eigenvalue weighted by molar-refractivity contribution is 0.303. The highest BCUT2D eigenvalue weighted by molar-refractivity contribution is 7.11. The number of benzene rings is 1. The molecular formula is C15H20N2OS. The minimum atomic E-state index is 0.548. The monoisotopic (exact) mass is 276 g/mol. The zero-order valence-electron chi connectivity index (χ0n) is 11.7. The third-order valence-electron chi connectivity index (χ3n) is 2.94. The molecule has 3 nitrogen and oxygen atoms in total. The molecule has 0 saturated heterocycles. The van der Waals surface area contributed by atoms with E-state index in [1.165, 1.54) is 10.6 Å². The first-order chi connectivity index (χ1) is 9.24. The Morgan fingerprint density at radius 1 is 1.32 bits per heavy atom. The molecular weight excluding hydrogens is 256 g/mol. The molecule has 1 aromatic heterocycles. The van der Waals surface area contributed by atoms with Crippen molar-refractivity contribution in [1.82, 2.24) is 10.3 Å². The smallest absolute Gasteiger partial charge is 0.140 e. The molecule has 0 unspecified atom stereocenters. The summed E-state index contributed by atoms with van der Waals surface area (Å²) in [6.07, 6.45) is 0.970. The average Bonchev–Trinajstić information content (AvgIpc) is 2.81. The first-order valence-electron chi connectivity index (χ1n) is 6.55. The highest BCUT2D eigenvalue weighted by atomic mass is 32.1. The molecule has 0 radical (unpaired) electrons. The Balaban J connectivity index is 2.05. The number of aryl methyl sites for hydroxylation is 2. The number of ether oxygens (including phenoxy) is 1. The largest absolute Gasteiger partial charge is 0.486 e. The number of hydrogen-bond acceptors (Lipinski definition) is 4. The van der Waals surface area contributed by atoms with E-state index in [1.54, 1.807) is 11.3 Å². The van der Waals surface area contributed by atoms with Gasteiger partial charge in [-0.25, -0.2) is 4.98 Å². The van der Waals surface area contributed by atoms with Gasteiger partial charge >= 0.3 is 0 Å². The Morgan fingerprint density at radius 3 is 2.79 bits per heavy atom. The second-order valence-electron chi connectivity index (χ2n) is 4.42.